The van der Waals surface area contributed by atoms with Crippen molar-refractivity contribution in [2.45, 2.75) is 20.4 Å². The van der Waals surface area contributed by atoms with E-state index in [0.29, 0.717) is 28.4 Å². The van der Waals surface area contributed by atoms with Gasteiger partial charge in [0.1, 0.15) is 10.6 Å². The summed E-state index contributed by atoms with van der Waals surface area (Å²) in [4.78, 5) is 29.8. The molecule has 0 fully saturated rings. The van der Waals surface area contributed by atoms with Crippen molar-refractivity contribution in [1.29, 1.82) is 0 Å². The van der Waals surface area contributed by atoms with E-state index in [1.165, 1.54) is 10.9 Å². The van der Waals surface area contributed by atoms with Gasteiger partial charge in [0.05, 0.1) is 22.3 Å². The van der Waals surface area contributed by atoms with Gasteiger partial charge in [-0.25, -0.2) is 13.8 Å². The highest BCUT2D eigenvalue weighted by atomic mass is 79.9. The number of amides is 1. The topological polar surface area (TPSA) is 64.0 Å². The average Bonchev–Trinajstić information content (AvgIpc) is 2.89. The molecule has 2 heterocycles. The van der Waals surface area contributed by atoms with Crippen molar-refractivity contribution < 1.29 is 13.6 Å². The van der Waals surface area contributed by atoms with E-state index < -0.39 is 17.5 Å². The monoisotopic (exact) mass is 427 g/mol. The van der Waals surface area contributed by atoms with Crippen LogP contribution < -0.4 is 10.9 Å². The second-order valence-electron chi connectivity index (χ2n) is 5.27. The predicted molar refractivity (Wildman–Crippen MR) is 96.3 cm³/mol. The van der Waals surface area contributed by atoms with E-state index in [4.69, 9.17) is 0 Å². The third-order valence-corrected chi connectivity index (χ3v) is 5.53. The first-order chi connectivity index (χ1) is 11.8. The Bertz CT molecular complexity index is 1040. The summed E-state index contributed by atoms with van der Waals surface area (Å²) in [7, 11) is 0. The first kappa shape index (κ1) is 17.7. The number of nitrogens with zero attached hydrogens (tertiary/aromatic N) is 2. The van der Waals surface area contributed by atoms with Gasteiger partial charge in [0.15, 0.2) is 5.82 Å². The molecular formula is C16H12BrF2N3O2S. The van der Waals surface area contributed by atoms with E-state index in [-0.39, 0.29) is 20.6 Å². The number of aromatic nitrogens is 2. The number of carbonyl (C=O) groups excluding carboxylic acids is 1. The molecular weight excluding hydrogens is 416 g/mol. The molecule has 0 radical (unpaired) electrons. The third kappa shape index (κ3) is 3.09. The lowest BCUT2D eigenvalue weighted by molar-refractivity contribution is 0.102. The van der Waals surface area contributed by atoms with Crippen LogP contribution in [0.5, 0.6) is 0 Å². The van der Waals surface area contributed by atoms with Crippen LogP contribution in [0.3, 0.4) is 0 Å². The molecule has 5 nitrogen and oxygen atoms in total. The molecule has 0 saturated heterocycles. The van der Waals surface area contributed by atoms with Crippen molar-refractivity contribution in [1.82, 2.24) is 9.55 Å². The Kier molecular flexibility index (Phi) is 4.70. The van der Waals surface area contributed by atoms with E-state index in [1.807, 2.05) is 6.92 Å². The van der Waals surface area contributed by atoms with Gasteiger partial charge in [-0.2, -0.15) is 0 Å². The minimum atomic E-state index is -0.898. The molecule has 1 amide bonds. The Hall–Kier alpha value is -2.13. The zero-order valence-electron chi connectivity index (χ0n) is 13.2. The molecule has 1 N–H and O–H groups in total. The summed E-state index contributed by atoms with van der Waals surface area (Å²) in [6.45, 7) is 3.93. The number of hydrogen-bond acceptors (Lipinski definition) is 4. The molecule has 1 aromatic carbocycles. The van der Waals surface area contributed by atoms with Gasteiger partial charge in [-0.1, -0.05) is 0 Å². The predicted octanol–water partition coefficient (Wildman–Crippen LogP) is 4.08. The summed E-state index contributed by atoms with van der Waals surface area (Å²) >= 11 is 4.08. The number of nitrogens with one attached hydrogen (secondary N) is 1. The van der Waals surface area contributed by atoms with Crippen molar-refractivity contribution in [3.8, 4) is 0 Å². The van der Waals surface area contributed by atoms with Crippen molar-refractivity contribution in [2.24, 2.45) is 0 Å². The largest absolute Gasteiger partial charge is 0.318 e. The molecule has 0 bridgehead atoms. The number of anilines is 1. The Balaban J connectivity index is 2.06. The summed E-state index contributed by atoms with van der Waals surface area (Å²) in [6.07, 6.45) is 1.43. The first-order valence-electron chi connectivity index (χ1n) is 7.28. The van der Waals surface area contributed by atoms with Gasteiger partial charge in [-0.3, -0.25) is 14.2 Å². The Morgan fingerprint density at radius 2 is 2.12 bits per heavy atom. The number of thiophene rings is 1. The van der Waals surface area contributed by atoms with Crippen molar-refractivity contribution in [3.63, 3.8) is 0 Å². The van der Waals surface area contributed by atoms with Gasteiger partial charge in [-0.05, 0) is 41.4 Å². The maximum atomic E-state index is 13.9. The highest BCUT2D eigenvalue weighted by Crippen LogP contribution is 2.31. The van der Waals surface area contributed by atoms with Crippen molar-refractivity contribution in [3.05, 3.63) is 55.4 Å². The lowest BCUT2D eigenvalue weighted by Gasteiger charge is -2.08. The molecule has 0 atom stereocenters. The lowest BCUT2D eigenvalue weighted by atomic mass is 10.2. The number of rotatable bonds is 3. The molecule has 130 valence electrons. The van der Waals surface area contributed by atoms with Gasteiger partial charge in [0.25, 0.3) is 11.5 Å². The fourth-order valence-corrected chi connectivity index (χ4v) is 3.97. The van der Waals surface area contributed by atoms with Crippen LogP contribution in [-0.4, -0.2) is 15.5 Å². The molecule has 0 spiro atoms. The van der Waals surface area contributed by atoms with E-state index in [1.54, 1.807) is 6.92 Å². The van der Waals surface area contributed by atoms with Crippen LogP contribution in [0.2, 0.25) is 0 Å². The molecule has 2 aromatic heterocycles. The van der Waals surface area contributed by atoms with Crippen molar-refractivity contribution in [2.75, 3.05) is 5.32 Å². The Morgan fingerprint density at radius 1 is 1.40 bits per heavy atom. The molecule has 9 heteroatoms. The van der Waals surface area contributed by atoms with Gasteiger partial charge in [0, 0.05) is 17.1 Å². The summed E-state index contributed by atoms with van der Waals surface area (Å²) in [6, 6.07) is 1.73. The zero-order chi connectivity index (χ0) is 18.3. The molecule has 0 unspecified atom stereocenters. The lowest BCUT2D eigenvalue weighted by Crippen LogP contribution is -2.19. The summed E-state index contributed by atoms with van der Waals surface area (Å²) < 4.78 is 28.6. The standard InChI is InChI=1S/C16H12BrF2N3O2S/c1-3-22-6-20-15-11(16(22)24)7(2)13(25-15)14(23)21-12-9(17)4-8(18)5-10(12)19/h4-6H,3H2,1-2H3,(H,21,23). The number of hydrogen-bond donors (Lipinski definition) is 1. The van der Waals surface area contributed by atoms with Gasteiger partial charge in [-0.15, -0.1) is 11.3 Å². The first-order valence-corrected chi connectivity index (χ1v) is 8.88. The highest BCUT2D eigenvalue weighted by molar-refractivity contribution is 9.10. The smallest absolute Gasteiger partial charge is 0.266 e. The molecule has 3 aromatic rings. The number of halogens is 3. The van der Waals surface area contributed by atoms with E-state index in [2.05, 4.69) is 26.2 Å². The van der Waals surface area contributed by atoms with E-state index in [0.717, 1.165) is 17.4 Å². The van der Waals surface area contributed by atoms with Gasteiger partial charge >= 0.3 is 0 Å². The van der Waals surface area contributed by atoms with E-state index >= 15 is 0 Å². The van der Waals surface area contributed by atoms with Crippen LogP contribution in [0.1, 0.15) is 22.2 Å². The highest BCUT2D eigenvalue weighted by Gasteiger charge is 2.21. The molecule has 0 aliphatic rings. The molecule has 0 aliphatic carbocycles. The average molecular weight is 428 g/mol. The van der Waals surface area contributed by atoms with Gasteiger partial charge < -0.3 is 5.32 Å². The minimum absolute atomic E-state index is 0.0866. The third-order valence-electron chi connectivity index (χ3n) is 3.71. The van der Waals surface area contributed by atoms with Crippen LogP contribution >= 0.6 is 27.3 Å². The summed E-state index contributed by atoms with van der Waals surface area (Å²) in [5.41, 5.74) is 0.0908. The number of fused-ring (bicyclic) bond motifs is 1. The van der Waals surface area contributed by atoms with Crippen LogP contribution in [0, 0.1) is 18.6 Å². The Morgan fingerprint density at radius 3 is 2.76 bits per heavy atom. The van der Waals surface area contributed by atoms with E-state index in [9.17, 15) is 18.4 Å². The molecule has 25 heavy (non-hydrogen) atoms. The quantitative estimate of drug-likeness (QED) is 0.684. The van der Waals surface area contributed by atoms with Crippen LogP contribution in [0.25, 0.3) is 10.2 Å². The molecule has 0 aliphatic heterocycles. The number of aryl methyl sites for hydroxylation is 2. The maximum Gasteiger partial charge on any atom is 0.266 e. The van der Waals surface area contributed by atoms with Crippen LogP contribution in [0.4, 0.5) is 14.5 Å². The zero-order valence-corrected chi connectivity index (χ0v) is 15.6. The van der Waals surface area contributed by atoms with Gasteiger partial charge in [0.2, 0.25) is 0 Å². The number of carbonyl (C=O) groups is 1. The SMILES string of the molecule is CCn1cnc2sc(C(=O)Nc3c(F)cc(F)cc3Br)c(C)c2c1=O. The maximum absolute atomic E-state index is 13.9. The summed E-state index contributed by atoms with van der Waals surface area (Å²) in [5.74, 6) is -2.25. The number of benzene rings is 1. The normalized spacial score (nSPS) is 11.1. The second-order valence-corrected chi connectivity index (χ2v) is 7.12. The van der Waals surface area contributed by atoms with Crippen LogP contribution in [-0.2, 0) is 6.54 Å². The van der Waals surface area contributed by atoms with Crippen molar-refractivity contribution >= 4 is 49.1 Å². The second kappa shape index (κ2) is 6.64. The minimum Gasteiger partial charge on any atom is -0.318 e. The fourth-order valence-electron chi connectivity index (χ4n) is 2.43. The van der Waals surface area contributed by atoms with Crippen LogP contribution in [0.15, 0.2) is 27.7 Å². The molecule has 3 rings (SSSR count). The summed E-state index contributed by atoms with van der Waals surface area (Å²) in [5, 5.41) is 2.79. The molecule has 0 saturated carbocycles. The fraction of sp³-hybridized carbons (Fsp3) is 0.188. The Labute approximate surface area is 153 Å².